The monoisotopic (exact) mass is 342 g/mol. The molecule has 0 atom stereocenters. The normalized spacial score (nSPS) is 10.5. The average molecular weight is 343 g/mol. The second-order valence-electron chi connectivity index (χ2n) is 4.55. The molecule has 0 aliphatic heterocycles. The zero-order valence-electron chi connectivity index (χ0n) is 11.8. The van der Waals surface area contributed by atoms with Crippen LogP contribution in [-0.2, 0) is 13.1 Å². The van der Waals surface area contributed by atoms with Crippen molar-refractivity contribution in [1.29, 1.82) is 0 Å². The molecule has 0 aliphatic carbocycles. The van der Waals surface area contributed by atoms with Crippen LogP contribution in [0.15, 0.2) is 30.5 Å². The summed E-state index contributed by atoms with van der Waals surface area (Å²) < 4.78 is 1.94. The van der Waals surface area contributed by atoms with Gasteiger partial charge in [0, 0.05) is 24.8 Å². The van der Waals surface area contributed by atoms with E-state index in [0.29, 0.717) is 21.7 Å². The summed E-state index contributed by atoms with van der Waals surface area (Å²) >= 11 is 17.4. The Kier molecular flexibility index (Phi) is 5.45. The van der Waals surface area contributed by atoms with Crippen LogP contribution in [0.3, 0.4) is 0 Å². The minimum absolute atomic E-state index is 0.539. The molecule has 0 radical (unpaired) electrons. The molecular formula is C14H16Cl2N4S. The number of aromatic nitrogens is 2. The lowest BCUT2D eigenvalue weighted by Crippen LogP contribution is -2.31. The maximum atomic E-state index is 6.13. The van der Waals surface area contributed by atoms with Gasteiger partial charge in [0.25, 0.3) is 0 Å². The minimum atomic E-state index is 0.539. The molecule has 0 bridgehead atoms. The topological polar surface area (TPSA) is 33.1 Å². The van der Waals surface area contributed by atoms with E-state index in [4.69, 9.17) is 35.4 Å². The molecule has 0 spiro atoms. The second-order valence-corrected chi connectivity index (χ2v) is 5.78. The van der Waals surface area contributed by atoms with Crippen molar-refractivity contribution < 1.29 is 0 Å². The lowest BCUT2D eigenvalue weighted by Gasteiger charge is -2.21. The van der Waals surface area contributed by atoms with Gasteiger partial charge in [-0.25, -0.2) is 0 Å². The van der Waals surface area contributed by atoms with Gasteiger partial charge in [-0.15, -0.1) is 0 Å². The third-order valence-electron chi connectivity index (χ3n) is 3.02. The Morgan fingerprint density at radius 3 is 2.81 bits per heavy atom. The third-order valence-corrected chi connectivity index (χ3v) is 3.98. The van der Waals surface area contributed by atoms with E-state index in [1.54, 1.807) is 24.4 Å². The summed E-state index contributed by atoms with van der Waals surface area (Å²) in [6, 6.07) is 7.24. The van der Waals surface area contributed by atoms with Crippen molar-refractivity contribution in [1.82, 2.24) is 14.7 Å². The molecule has 0 aliphatic rings. The van der Waals surface area contributed by atoms with Gasteiger partial charge in [-0.2, -0.15) is 5.10 Å². The highest BCUT2D eigenvalue weighted by atomic mass is 35.5. The Morgan fingerprint density at radius 1 is 1.38 bits per heavy atom. The number of benzene rings is 1. The Hall–Kier alpha value is -1.30. The highest BCUT2D eigenvalue weighted by molar-refractivity contribution is 7.80. The number of hydrogen-bond acceptors (Lipinski definition) is 2. The highest BCUT2D eigenvalue weighted by Gasteiger charge is 2.10. The predicted molar refractivity (Wildman–Crippen MR) is 92.1 cm³/mol. The van der Waals surface area contributed by atoms with Gasteiger partial charge >= 0.3 is 0 Å². The van der Waals surface area contributed by atoms with E-state index in [-0.39, 0.29) is 0 Å². The van der Waals surface area contributed by atoms with E-state index >= 15 is 0 Å². The van der Waals surface area contributed by atoms with Crippen molar-refractivity contribution in [2.45, 2.75) is 20.0 Å². The van der Waals surface area contributed by atoms with Crippen molar-refractivity contribution in [3.63, 3.8) is 0 Å². The van der Waals surface area contributed by atoms with Gasteiger partial charge in [-0.3, -0.25) is 4.68 Å². The van der Waals surface area contributed by atoms with Crippen LogP contribution in [-0.4, -0.2) is 26.8 Å². The molecule has 1 aromatic heterocycles. The number of thiocarbonyl (C=S) groups is 1. The van der Waals surface area contributed by atoms with Crippen LogP contribution < -0.4 is 5.32 Å². The van der Waals surface area contributed by atoms with Crippen LogP contribution >= 0.6 is 35.4 Å². The predicted octanol–water partition coefficient (Wildman–Crippen LogP) is 4.04. The van der Waals surface area contributed by atoms with Gasteiger partial charge in [-0.05, 0) is 43.4 Å². The summed E-state index contributed by atoms with van der Waals surface area (Å²) in [5, 5.41) is 9.09. The number of anilines is 1. The number of rotatable bonds is 4. The molecule has 2 rings (SSSR count). The van der Waals surface area contributed by atoms with Crippen molar-refractivity contribution in [2.24, 2.45) is 0 Å². The Labute approximate surface area is 139 Å². The molecule has 112 valence electrons. The molecule has 1 N–H and O–H groups in total. The quantitative estimate of drug-likeness (QED) is 0.850. The fraction of sp³-hybridized carbons (Fsp3) is 0.286. The van der Waals surface area contributed by atoms with Crippen LogP contribution in [0.25, 0.3) is 0 Å². The SMILES string of the molecule is CCn1nccc1CN(C)C(=S)Nc1ccc(Cl)cc1Cl. The number of nitrogens with zero attached hydrogens (tertiary/aromatic N) is 3. The maximum Gasteiger partial charge on any atom is 0.173 e. The smallest absolute Gasteiger partial charge is 0.173 e. The first-order valence-corrected chi connectivity index (χ1v) is 7.65. The Balaban J connectivity index is 2.02. The van der Waals surface area contributed by atoms with E-state index in [2.05, 4.69) is 17.3 Å². The first kappa shape index (κ1) is 16.1. The first-order chi connectivity index (χ1) is 10.0. The lowest BCUT2D eigenvalue weighted by atomic mass is 10.3. The van der Waals surface area contributed by atoms with Crippen LogP contribution in [0.4, 0.5) is 5.69 Å². The largest absolute Gasteiger partial charge is 0.346 e. The van der Waals surface area contributed by atoms with E-state index in [1.807, 2.05) is 22.7 Å². The molecule has 7 heteroatoms. The fourth-order valence-corrected chi connectivity index (χ4v) is 2.53. The highest BCUT2D eigenvalue weighted by Crippen LogP contribution is 2.25. The summed E-state index contributed by atoms with van der Waals surface area (Å²) in [7, 11) is 1.92. The molecule has 0 fully saturated rings. The zero-order chi connectivity index (χ0) is 15.4. The van der Waals surface area contributed by atoms with E-state index in [9.17, 15) is 0 Å². The molecule has 0 saturated carbocycles. The molecule has 1 heterocycles. The van der Waals surface area contributed by atoms with E-state index < -0.39 is 0 Å². The zero-order valence-corrected chi connectivity index (χ0v) is 14.1. The number of aryl methyl sites for hydroxylation is 1. The summed E-state index contributed by atoms with van der Waals surface area (Å²) in [5.41, 5.74) is 1.84. The van der Waals surface area contributed by atoms with Crippen molar-refractivity contribution in [2.75, 3.05) is 12.4 Å². The van der Waals surface area contributed by atoms with Crippen LogP contribution in [0, 0.1) is 0 Å². The molecule has 1 aromatic carbocycles. The standard InChI is InChI=1S/C14H16Cl2N4S/c1-3-20-11(6-7-17-20)9-19(2)14(21)18-13-5-4-10(15)8-12(13)16/h4-8H,3,9H2,1-2H3,(H,18,21). The van der Waals surface area contributed by atoms with Crippen LogP contribution in [0.2, 0.25) is 10.0 Å². The molecule has 0 saturated heterocycles. The fourth-order valence-electron chi connectivity index (χ4n) is 1.90. The number of nitrogens with one attached hydrogen (secondary N) is 1. The van der Waals surface area contributed by atoms with Crippen molar-refractivity contribution in [3.8, 4) is 0 Å². The van der Waals surface area contributed by atoms with Crippen molar-refractivity contribution >= 4 is 46.2 Å². The Morgan fingerprint density at radius 2 is 2.14 bits per heavy atom. The summed E-state index contributed by atoms with van der Waals surface area (Å²) in [6.07, 6.45) is 1.79. The van der Waals surface area contributed by atoms with Gasteiger partial charge < -0.3 is 10.2 Å². The minimum Gasteiger partial charge on any atom is -0.346 e. The summed E-state index contributed by atoms with van der Waals surface area (Å²) in [5.74, 6) is 0. The van der Waals surface area contributed by atoms with Crippen LogP contribution in [0.5, 0.6) is 0 Å². The second kappa shape index (κ2) is 7.11. The molecule has 2 aromatic rings. The summed E-state index contributed by atoms with van der Waals surface area (Å²) in [6.45, 7) is 3.56. The number of hydrogen-bond donors (Lipinski definition) is 1. The Bertz CT molecular complexity index is 642. The van der Waals surface area contributed by atoms with Gasteiger partial charge in [0.1, 0.15) is 0 Å². The summed E-state index contributed by atoms with van der Waals surface area (Å²) in [4.78, 5) is 1.93. The van der Waals surface area contributed by atoms with E-state index in [1.165, 1.54) is 0 Å². The van der Waals surface area contributed by atoms with Crippen LogP contribution in [0.1, 0.15) is 12.6 Å². The molecule has 0 unspecified atom stereocenters. The molecule has 21 heavy (non-hydrogen) atoms. The third kappa shape index (κ3) is 4.09. The van der Waals surface area contributed by atoms with Gasteiger partial charge in [0.2, 0.25) is 0 Å². The maximum absolute atomic E-state index is 6.13. The van der Waals surface area contributed by atoms with Crippen molar-refractivity contribution in [3.05, 3.63) is 46.2 Å². The average Bonchev–Trinajstić information content (AvgIpc) is 2.89. The molecular weight excluding hydrogens is 327 g/mol. The van der Waals surface area contributed by atoms with E-state index in [0.717, 1.165) is 17.9 Å². The van der Waals surface area contributed by atoms with Gasteiger partial charge in [0.05, 0.1) is 22.9 Å². The molecule has 0 amide bonds. The number of halogens is 2. The molecule has 4 nitrogen and oxygen atoms in total. The van der Waals surface area contributed by atoms with Gasteiger partial charge in [-0.1, -0.05) is 23.2 Å². The lowest BCUT2D eigenvalue weighted by molar-refractivity contribution is 0.471. The first-order valence-electron chi connectivity index (χ1n) is 6.49. The van der Waals surface area contributed by atoms with Gasteiger partial charge in [0.15, 0.2) is 5.11 Å².